The fraction of sp³-hybridized carbons (Fsp3) is 0.667. The highest BCUT2D eigenvalue weighted by atomic mass is 16.5. The van der Waals surface area contributed by atoms with Crippen molar-refractivity contribution in [2.24, 2.45) is 0 Å². The van der Waals surface area contributed by atoms with E-state index in [1.807, 2.05) is 13.2 Å². The lowest BCUT2D eigenvalue weighted by Crippen LogP contribution is -2.32. The minimum Gasteiger partial charge on any atom is -0.376 e. The van der Waals surface area contributed by atoms with Gasteiger partial charge in [-0.05, 0) is 45.4 Å². The Labute approximate surface area is 116 Å². The van der Waals surface area contributed by atoms with Crippen molar-refractivity contribution < 1.29 is 4.74 Å². The Balaban J connectivity index is 2.01. The first-order valence-corrected chi connectivity index (χ1v) is 7.24. The first-order chi connectivity index (χ1) is 9.24. The van der Waals surface area contributed by atoms with E-state index in [1.165, 1.54) is 18.4 Å². The average molecular weight is 263 g/mol. The molecular weight excluding hydrogens is 238 g/mol. The lowest BCUT2D eigenvalue weighted by Gasteiger charge is -2.25. The molecule has 4 nitrogen and oxygen atoms in total. The van der Waals surface area contributed by atoms with E-state index in [9.17, 15) is 0 Å². The number of pyridine rings is 1. The summed E-state index contributed by atoms with van der Waals surface area (Å²) in [7, 11) is 1.97. The Morgan fingerprint density at radius 1 is 1.53 bits per heavy atom. The molecule has 0 spiro atoms. The molecule has 0 radical (unpaired) electrons. The van der Waals surface area contributed by atoms with Gasteiger partial charge in [-0.3, -0.25) is 0 Å². The zero-order chi connectivity index (χ0) is 13.7. The maximum absolute atomic E-state index is 5.71. The monoisotopic (exact) mass is 263 g/mol. The molecule has 0 aliphatic carbocycles. The lowest BCUT2D eigenvalue weighted by molar-refractivity contribution is 0.115. The predicted molar refractivity (Wildman–Crippen MR) is 78.6 cm³/mol. The van der Waals surface area contributed by atoms with Gasteiger partial charge in [0.25, 0.3) is 0 Å². The molecule has 1 N–H and O–H groups in total. The maximum atomic E-state index is 5.71. The molecule has 0 amide bonds. The third-order valence-corrected chi connectivity index (χ3v) is 3.86. The second-order valence-corrected chi connectivity index (χ2v) is 5.13. The lowest BCUT2D eigenvalue weighted by atomic mass is 10.1. The zero-order valence-corrected chi connectivity index (χ0v) is 12.2. The molecule has 2 rings (SSSR count). The van der Waals surface area contributed by atoms with Crippen LogP contribution in [-0.4, -0.2) is 37.8 Å². The third-order valence-electron chi connectivity index (χ3n) is 3.86. The summed E-state index contributed by atoms with van der Waals surface area (Å²) < 4.78 is 5.71. The van der Waals surface area contributed by atoms with Gasteiger partial charge < -0.3 is 15.0 Å². The Morgan fingerprint density at radius 3 is 2.89 bits per heavy atom. The minimum absolute atomic E-state index is 0.342. The molecule has 19 heavy (non-hydrogen) atoms. The van der Waals surface area contributed by atoms with E-state index in [1.54, 1.807) is 0 Å². The summed E-state index contributed by atoms with van der Waals surface area (Å²) in [6.45, 7) is 7.13. The summed E-state index contributed by atoms with van der Waals surface area (Å²) in [5, 5.41) is 3.23. The summed E-state index contributed by atoms with van der Waals surface area (Å²) in [6, 6.07) is 4.61. The highest BCUT2D eigenvalue weighted by Gasteiger charge is 2.19. The van der Waals surface area contributed by atoms with Crippen molar-refractivity contribution in [3.63, 3.8) is 0 Å². The molecule has 0 aromatic carbocycles. The van der Waals surface area contributed by atoms with Crippen molar-refractivity contribution in [2.75, 3.05) is 31.6 Å². The van der Waals surface area contributed by atoms with Gasteiger partial charge in [0.2, 0.25) is 0 Å². The van der Waals surface area contributed by atoms with Gasteiger partial charge in [-0.25, -0.2) is 4.98 Å². The van der Waals surface area contributed by atoms with Gasteiger partial charge in [0.15, 0.2) is 0 Å². The molecule has 1 aliphatic rings. The third kappa shape index (κ3) is 3.67. The van der Waals surface area contributed by atoms with Crippen LogP contribution in [0.2, 0.25) is 0 Å². The normalized spacial score (nSPS) is 20.5. The van der Waals surface area contributed by atoms with Crippen LogP contribution in [0.15, 0.2) is 18.3 Å². The summed E-state index contributed by atoms with van der Waals surface area (Å²) in [6.07, 6.45) is 4.70. The second kappa shape index (κ2) is 6.87. The number of likely N-dealkylation sites (N-methyl/N-ethyl adjacent to an activating group) is 1. The Morgan fingerprint density at radius 2 is 2.37 bits per heavy atom. The fourth-order valence-electron chi connectivity index (χ4n) is 2.43. The predicted octanol–water partition coefficient (Wildman–Crippen LogP) is 2.37. The smallest absolute Gasteiger partial charge is 0.128 e. The number of ether oxygens (including phenoxy) is 1. The van der Waals surface area contributed by atoms with E-state index < -0.39 is 0 Å². The van der Waals surface area contributed by atoms with E-state index in [-0.39, 0.29) is 0 Å². The van der Waals surface area contributed by atoms with Crippen molar-refractivity contribution in [3.05, 3.63) is 23.9 Å². The van der Waals surface area contributed by atoms with E-state index in [0.29, 0.717) is 12.1 Å². The molecule has 0 saturated carbocycles. The van der Waals surface area contributed by atoms with Gasteiger partial charge in [0.05, 0.1) is 6.10 Å². The molecule has 2 unspecified atom stereocenters. The molecule has 2 atom stereocenters. The van der Waals surface area contributed by atoms with Crippen molar-refractivity contribution in [1.29, 1.82) is 0 Å². The molecule has 4 heteroatoms. The van der Waals surface area contributed by atoms with E-state index in [0.717, 1.165) is 25.5 Å². The molecule has 1 aromatic heterocycles. The van der Waals surface area contributed by atoms with Gasteiger partial charge in [-0.2, -0.15) is 0 Å². The molecule has 106 valence electrons. The van der Waals surface area contributed by atoms with Crippen molar-refractivity contribution in [1.82, 2.24) is 10.3 Å². The Hall–Kier alpha value is -1.13. The molecule has 1 aromatic rings. The van der Waals surface area contributed by atoms with Crippen molar-refractivity contribution in [3.8, 4) is 0 Å². The van der Waals surface area contributed by atoms with E-state index in [2.05, 4.69) is 41.2 Å². The zero-order valence-electron chi connectivity index (χ0n) is 12.2. The largest absolute Gasteiger partial charge is 0.376 e. The molecule has 1 saturated heterocycles. The van der Waals surface area contributed by atoms with Crippen LogP contribution < -0.4 is 10.2 Å². The summed E-state index contributed by atoms with van der Waals surface area (Å²) in [5.74, 6) is 1.05. The molecule has 1 aliphatic heterocycles. The maximum Gasteiger partial charge on any atom is 0.128 e. The topological polar surface area (TPSA) is 37.4 Å². The van der Waals surface area contributed by atoms with Gasteiger partial charge in [0.1, 0.15) is 5.82 Å². The molecule has 1 fully saturated rings. The minimum atomic E-state index is 0.342. The number of rotatable bonds is 6. The number of nitrogens with zero attached hydrogens (tertiary/aromatic N) is 2. The highest BCUT2D eigenvalue weighted by molar-refractivity contribution is 5.39. The average Bonchev–Trinajstić information content (AvgIpc) is 2.97. The standard InChI is InChI=1S/C15H25N3O/c1-4-18(11-14-6-5-9-19-14)15-8-7-13(10-17-15)12(2)16-3/h7-8,10,12,14,16H,4-6,9,11H2,1-3H3. The number of hydrogen-bond donors (Lipinski definition) is 1. The molecule has 0 bridgehead atoms. The van der Waals surface area contributed by atoms with Gasteiger partial charge in [-0.15, -0.1) is 0 Å². The summed E-state index contributed by atoms with van der Waals surface area (Å²) in [4.78, 5) is 6.89. The van der Waals surface area contributed by atoms with Crippen LogP contribution in [0.25, 0.3) is 0 Å². The highest BCUT2D eigenvalue weighted by Crippen LogP contribution is 2.19. The summed E-state index contributed by atoms with van der Waals surface area (Å²) >= 11 is 0. The summed E-state index contributed by atoms with van der Waals surface area (Å²) in [5.41, 5.74) is 1.22. The first-order valence-electron chi connectivity index (χ1n) is 7.24. The quantitative estimate of drug-likeness (QED) is 0.855. The van der Waals surface area contributed by atoms with Crippen molar-refractivity contribution in [2.45, 2.75) is 38.8 Å². The van der Waals surface area contributed by atoms with Crippen LogP contribution in [0.3, 0.4) is 0 Å². The molecular formula is C15H25N3O. The van der Waals surface area contributed by atoms with Crippen LogP contribution in [0.5, 0.6) is 0 Å². The Bertz CT molecular complexity index is 373. The van der Waals surface area contributed by atoms with Gasteiger partial charge in [0, 0.05) is 31.9 Å². The second-order valence-electron chi connectivity index (χ2n) is 5.13. The number of anilines is 1. The van der Waals surface area contributed by atoms with Crippen LogP contribution in [-0.2, 0) is 4.74 Å². The van der Waals surface area contributed by atoms with Crippen LogP contribution in [0.1, 0.15) is 38.3 Å². The van der Waals surface area contributed by atoms with Crippen LogP contribution in [0.4, 0.5) is 5.82 Å². The van der Waals surface area contributed by atoms with Crippen molar-refractivity contribution >= 4 is 5.82 Å². The Kier molecular flexibility index (Phi) is 5.16. The van der Waals surface area contributed by atoms with E-state index in [4.69, 9.17) is 4.74 Å². The fourth-order valence-corrected chi connectivity index (χ4v) is 2.43. The first kappa shape index (κ1) is 14.3. The van der Waals surface area contributed by atoms with Crippen LogP contribution in [0, 0.1) is 0 Å². The van der Waals surface area contributed by atoms with Gasteiger partial charge >= 0.3 is 0 Å². The van der Waals surface area contributed by atoms with Gasteiger partial charge in [-0.1, -0.05) is 6.07 Å². The number of nitrogens with one attached hydrogen (secondary N) is 1. The van der Waals surface area contributed by atoms with Crippen LogP contribution >= 0.6 is 0 Å². The van der Waals surface area contributed by atoms with E-state index >= 15 is 0 Å². The SMILES string of the molecule is CCN(CC1CCCO1)c1ccc(C(C)NC)cn1. The number of aromatic nitrogens is 1. The molecule has 2 heterocycles. The number of hydrogen-bond acceptors (Lipinski definition) is 4.